The normalized spacial score (nSPS) is 10.8. The fourth-order valence-corrected chi connectivity index (χ4v) is 1.11. The van der Waals surface area contributed by atoms with Gasteiger partial charge in [0.1, 0.15) is 0 Å². The molecule has 0 fully saturated rings. The van der Waals surface area contributed by atoms with E-state index in [1.807, 2.05) is 6.92 Å². The zero-order chi connectivity index (χ0) is 11.2. The second-order valence-corrected chi connectivity index (χ2v) is 3.26. The summed E-state index contributed by atoms with van der Waals surface area (Å²) in [5.41, 5.74) is 0. The van der Waals surface area contributed by atoms with Gasteiger partial charge < -0.3 is 19.5 Å². The van der Waals surface area contributed by atoms with Gasteiger partial charge in [0.15, 0.2) is 0 Å². The molecule has 0 aromatic carbocycles. The maximum absolute atomic E-state index is 5.34. The fourth-order valence-electron chi connectivity index (χ4n) is 1.11. The van der Waals surface area contributed by atoms with Gasteiger partial charge in [-0.1, -0.05) is 0 Å². The molecule has 0 aromatic rings. The van der Waals surface area contributed by atoms with Crippen molar-refractivity contribution >= 4 is 0 Å². The monoisotopic (exact) mass is 219 g/mol. The maximum atomic E-state index is 5.34. The van der Waals surface area contributed by atoms with Crippen LogP contribution in [0.1, 0.15) is 19.8 Å². The molecule has 4 nitrogen and oxygen atoms in total. The summed E-state index contributed by atoms with van der Waals surface area (Å²) >= 11 is 0. The van der Waals surface area contributed by atoms with Gasteiger partial charge in [-0.25, -0.2) is 0 Å². The summed E-state index contributed by atoms with van der Waals surface area (Å²) in [5, 5.41) is 3.32. The zero-order valence-electron chi connectivity index (χ0n) is 10.1. The third kappa shape index (κ3) is 13.8. The molecular formula is C11H25NO3. The first kappa shape index (κ1) is 14.8. The molecule has 0 aliphatic heterocycles. The number of methoxy groups -OCH3 is 1. The molecule has 0 aromatic heterocycles. The first-order valence-corrected chi connectivity index (χ1v) is 5.77. The van der Waals surface area contributed by atoms with Gasteiger partial charge in [-0.05, 0) is 26.3 Å². The first-order chi connectivity index (χ1) is 7.41. The summed E-state index contributed by atoms with van der Waals surface area (Å²) in [4.78, 5) is 0. The number of rotatable bonds is 12. The minimum atomic E-state index is 0.687. The van der Waals surface area contributed by atoms with Crippen LogP contribution in [0, 0.1) is 0 Å². The molecule has 0 bridgehead atoms. The zero-order valence-corrected chi connectivity index (χ0v) is 10.1. The van der Waals surface area contributed by atoms with Crippen molar-refractivity contribution in [1.29, 1.82) is 0 Å². The Bertz CT molecular complexity index is 100. The van der Waals surface area contributed by atoms with Crippen LogP contribution in [0.2, 0.25) is 0 Å². The van der Waals surface area contributed by atoms with Gasteiger partial charge >= 0.3 is 0 Å². The Labute approximate surface area is 93.3 Å². The Balaban J connectivity index is 2.81. The Kier molecular flexibility index (Phi) is 13.7. The molecule has 0 spiro atoms. The maximum Gasteiger partial charge on any atom is 0.0700 e. The van der Waals surface area contributed by atoms with Crippen LogP contribution < -0.4 is 5.32 Å². The van der Waals surface area contributed by atoms with E-state index in [1.54, 1.807) is 7.11 Å². The van der Waals surface area contributed by atoms with Gasteiger partial charge in [-0.3, -0.25) is 0 Å². The molecular weight excluding hydrogens is 194 g/mol. The fraction of sp³-hybridized carbons (Fsp3) is 1.00. The minimum absolute atomic E-state index is 0.687. The van der Waals surface area contributed by atoms with E-state index >= 15 is 0 Å². The van der Waals surface area contributed by atoms with Gasteiger partial charge in [0.2, 0.25) is 0 Å². The van der Waals surface area contributed by atoms with Crippen molar-refractivity contribution in [2.45, 2.75) is 19.8 Å². The van der Waals surface area contributed by atoms with Crippen LogP contribution in [0.15, 0.2) is 0 Å². The number of hydrogen-bond donors (Lipinski definition) is 1. The van der Waals surface area contributed by atoms with Gasteiger partial charge in [0.25, 0.3) is 0 Å². The molecule has 0 unspecified atom stereocenters. The standard InChI is InChI=1S/C11H25NO3/c1-3-14-9-7-12-6-4-5-8-15-11-10-13-2/h12H,3-11H2,1-2H3. The Morgan fingerprint density at radius 1 is 0.867 bits per heavy atom. The topological polar surface area (TPSA) is 39.7 Å². The van der Waals surface area contributed by atoms with E-state index in [0.29, 0.717) is 13.2 Å². The van der Waals surface area contributed by atoms with E-state index in [9.17, 15) is 0 Å². The predicted octanol–water partition coefficient (Wildman–Crippen LogP) is 1.06. The van der Waals surface area contributed by atoms with E-state index in [4.69, 9.17) is 14.2 Å². The molecule has 0 rings (SSSR count). The highest BCUT2D eigenvalue weighted by Crippen LogP contribution is 1.88. The minimum Gasteiger partial charge on any atom is -0.382 e. The SMILES string of the molecule is CCOCCNCCCCOCCOC. The molecule has 4 heteroatoms. The van der Waals surface area contributed by atoms with Gasteiger partial charge in [-0.2, -0.15) is 0 Å². The highest BCUT2D eigenvalue weighted by Gasteiger charge is 1.90. The van der Waals surface area contributed by atoms with Crippen LogP contribution in [0.3, 0.4) is 0 Å². The Morgan fingerprint density at radius 2 is 1.73 bits per heavy atom. The smallest absolute Gasteiger partial charge is 0.0700 e. The second-order valence-electron chi connectivity index (χ2n) is 3.26. The van der Waals surface area contributed by atoms with Crippen molar-refractivity contribution in [3.8, 4) is 0 Å². The molecule has 0 radical (unpaired) electrons. The first-order valence-electron chi connectivity index (χ1n) is 5.77. The van der Waals surface area contributed by atoms with Gasteiger partial charge in [0.05, 0.1) is 19.8 Å². The van der Waals surface area contributed by atoms with Crippen LogP contribution >= 0.6 is 0 Å². The molecule has 0 amide bonds. The second kappa shape index (κ2) is 13.8. The number of ether oxygens (including phenoxy) is 3. The highest BCUT2D eigenvalue weighted by atomic mass is 16.5. The largest absolute Gasteiger partial charge is 0.382 e. The van der Waals surface area contributed by atoms with Crippen molar-refractivity contribution in [3.05, 3.63) is 0 Å². The molecule has 0 heterocycles. The van der Waals surface area contributed by atoms with Crippen LogP contribution in [-0.4, -0.2) is 53.2 Å². The van der Waals surface area contributed by atoms with E-state index in [1.165, 1.54) is 0 Å². The van der Waals surface area contributed by atoms with Crippen molar-refractivity contribution in [2.75, 3.05) is 53.2 Å². The summed E-state index contributed by atoms with van der Waals surface area (Å²) in [6.45, 7) is 7.82. The lowest BCUT2D eigenvalue weighted by atomic mass is 10.3. The molecule has 0 saturated heterocycles. The third-order valence-corrected chi connectivity index (χ3v) is 1.95. The summed E-state index contributed by atoms with van der Waals surface area (Å²) in [6.07, 6.45) is 2.25. The quantitative estimate of drug-likeness (QED) is 0.498. The van der Waals surface area contributed by atoms with Crippen LogP contribution in [-0.2, 0) is 14.2 Å². The van der Waals surface area contributed by atoms with E-state index in [2.05, 4.69) is 5.32 Å². The van der Waals surface area contributed by atoms with Crippen molar-refractivity contribution in [2.24, 2.45) is 0 Å². The summed E-state index contributed by atoms with van der Waals surface area (Å²) in [6, 6.07) is 0. The predicted molar refractivity (Wildman–Crippen MR) is 61.3 cm³/mol. The third-order valence-electron chi connectivity index (χ3n) is 1.95. The number of unbranched alkanes of at least 4 members (excludes halogenated alkanes) is 1. The van der Waals surface area contributed by atoms with E-state index in [0.717, 1.165) is 45.8 Å². The van der Waals surface area contributed by atoms with Crippen molar-refractivity contribution in [1.82, 2.24) is 5.32 Å². The Morgan fingerprint density at radius 3 is 2.47 bits per heavy atom. The summed E-state index contributed by atoms with van der Waals surface area (Å²) in [7, 11) is 1.69. The lowest BCUT2D eigenvalue weighted by molar-refractivity contribution is 0.0687. The van der Waals surface area contributed by atoms with Gasteiger partial charge in [0, 0.05) is 26.9 Å². The molecule has 1 N–H and O–H groups in total. The van der Waals surface area contributed by atoms with Crippen LogP contribution in [0.5, 0.6) is 0 Å². The lowest BCUT2D eigenvalue weighted by Crippen LogP contribution is -2.21. The average Bonchev–Trinajstić information content (AvgIpc) is 2.26. The number of hydrogen-bond acceptors (Lipinski definition) is 4. The summed E-state index contributed by atoms with van der Waals surface area (Å²) < 4.78 is 15.4. The number of nitrogens with one attached hydrogen (secondary N) is 1. The Hall–Kier alpha value is -0.160. The van der Waals surface area contributed by atoms with Crippen molar-refractivity contribution in [3.63, 3.8) is 0 Å². The molecule has 15 heavy (non-hydrogen) atoms. The molecule has 0 saturated carbocycles. The molecule has 0 aliphatic rings. The van der Waals surface area contributed by atoms with Crippen LogP contribution in [0.4, 0.5) is 0 Å². The summed E-state index contributed by atoms with van der Waals surface area (Å²) in [5.74, 6) is 0. The lowest BCUT2D eigenvalue weighted by Gasteiger charge is -2.05. The van der Waals surface area contributed by atoms with Crippen molar-refractivity contribution < 1.29 is 14.2 Å². The molecule has 0 aliphatic carbocycles. The highest BCUT2D eigenvalue weighted by molar-refractivity contribution is 4.47. The van der Waals surface area contributed by atoms with E-state index < -0.39 is 0 Å². The molecule has 0 atom stereocenters. The molecule has 92 valence electrons. The average molecular weight is 219 g/mol. The van der Waals surface area contributed by atoms with E-state index in [-0.39, 0.29) is 0 Å². The van der Waals surface area contributed by atoms with Crippen LogP contribution in [0.25, 0.3) is 0 Å². The van der Waals surface area contributed by atoms with Gasteiger partial charge in [-0.15, -0.1) is 0 Å².